The zero-order chi connectivity index (χ0) is 18.5. The van der Waals surface area contributed by atoms with Crippen LogP contribution in [0, 0.1) is 5.92 Å². The van der Waals surface area contributed by atoms with Gasteiger partial charge in [-0.25, -0.2) is 0 Å². The number of allylic oxidation sites excluding steroid dienone is 5. The number of hydrogen-bond acceptors (Lipinski definition) is 3. The van der Waals surface area contributed by atoms with Crippen molar-refractivity contribution >= 4 is 10.1 Å². The minimum atomic E-state index is -5.57. The van der Waals surface area contributed by atoms with Gasteiger partial charge in [0.1, 0.15) is 5.76 Å². The number of alkyl halides is 3. The summed E-state index contributed by atoms with van der Waals surface area (Å²) in [6, 6.07) is 0. The standard InChI is InChI=1S/C17H25F3O3S/c1-12(2)8-9-13(3)14(4)10-11-15-6-5-7-16(15)23-24(21,22)17(18,19)20/h9,14H,1,5-8,10-11H2,2-4H3/b13-9-/t14-/m1/s1. The largest absolute Gasteiger partial charge is 0.534 e. The summed E-state index contributed by atoms with van der Waals surface area (Å²) in [6.45, 7) is 9.85. The Bertz CT molecular complexity index is 628. The van der Waals surface area contributed by atoms with Crippen molar-refractivity contribution in [2.75, 3.05) is 0 Å². The van der Waals surface area contributed by atoms with Gasteiger partial charge < -0.3 is 4.18 Å². The predicted molar refractivity (Wildman–Crippen MR) is 88.5 cm³/mol. The average molecular weight is 366 g/mol. The van der Waals surface area contributed by atoms with Gasteiger partial charge in [-0.3, -0.25) is 0 Å². The maximum absolute atomic E-state index is 12.4. The van der Waals surface area contributed by atoms with Gasteiger partial charge in [0.05, 0.1) is 0 Å². The molecule has 0 radical (unpaired) electrons. The van der Waals surface area contributed by atoms with Crippen LogP contribution < -0.4 is 0 Å². The van der Waals surface area contributed by atoms with Gasteiger partial charge in [-0.15, -0.1) is 0 Å². The Labute approximate surface area is 142 Å². The molecule has 0 fully saturated rings. The van der Waals surface area contributed by atoms with Gasteiger partial charge in [0, 0.05) is 6.42 Å². The fraction of sp³-hybridized carbons (Fsp3) is 0.647. The third kappa shape index (κ3) is 6.00. The first-order chi connectivity index (χ1) is 10.9. The molecule has 1 rings (SSSR count). The van der Waals surface area contributed by atoms with Crippen molar-refractivity contribution in [1.29, 1.82) is 0 Å². The van der Waals surface area contributed by atoms with E-state index >= 15 is 0 Å². The molecule has 0 bridgehead atoms. The van der Waals surface area contributed by atoms with Crippen LogP contribution in [-0.2, 0) is 14.3 Å². The molecule has 0 aromatic rings. The quantitative estimate of drug-likeness (QED) is 0.318. The van der Waals surface area contributed by atoms with E-state index in [2.05, 4.69) is 16.8 Å². The van der Waals surface area contributed by atoms with E-state index in [1.54, 1.807) is 0 Å². The second-order valence-corrected chi connectivity index (χ2v) is 7.95. The maximum atomic E-state index is 12.4. The second kappa shape index (κ2) is 8.23. The first-order valence-electron chi connectivity index (χ1n) is 7.96. The Kier molecular flexibility index (Phi) is 7.13. The first-order valence-corrected chi connectivity index (χ1v) is 9.37. The molecule has 0 saturated heterocycles. The Balaban J connectivity index is 2.72. The SMILES string of the molecule is C=C(C)C/C=C(/C)[C@H](C)CCC1=C(OS(=O)(=O)C(F)(F)F)CCC1. The summed E-state index contributed by atoms with van der Waals surface area (Å²) in [5.74, 6) is 0.237. The van der Waals surface area contributed by atoms with Crippen molar-refractivity contribution in [2.24, 2.45) is 5.92 Å². The summed E-state index contributed by atoms with van der Waals surface area (Å²) in [4.78, 5) is 0. The number of rotatable bonds is 8. The van der Waals surface area contributed by atoms with Crippen LogP contribution in [0.4, 0.5) is 13.2 Å². The summed E-state index contributed by atoms with van der Waals surface area (Å²) in [6.07, 6.45) is 5.64. The molecule has 0 heterocycles. The highest BCUT2D eigenvalue weighted by Gasteiger charge is 2.49. The fourth-order valence-corrected chi connectivity index (χ4v) is 3.04. The minimum absolute atomic E-state index is 0.0249. The average Bonchev–Trinajstić information content (AvgIpc) is 2.87. The van der Waals surface area contributed by atoms with Crippen molar-refractivity contribution < 1.29 is 25.8 Å². The van der Waals surface area contributed by atoms with Gasteiger partial charge in [-0.1, -0.05) is 30.7 Å². The molecule has 3 nitrogen and oxygen atoms in total. The molecule has 0 spiro atoms. The Morgan fingerprint density at radius 2 is 1.96 bits per heavy atom. The van der Waals surface area contributed by atoms with Crippen LogP contribution >= 0.6 is 0 Å². The summed E-state index contributed by atoms with van der Waals surface area (Å²) in [5, 5.41) is 0. The van der Waals surface area contributed by atoms with E-state index in [1.165, 1.54) is 5.57 Å². The lowest BCUT2D eigenvalue weighted by atomic mass is 9.93. The molecule has 0 aromatic carbocycles. The monoisotopic (exact) mass is 366 g/mol. The normalized spacial score (nSPS) is 18.0. The molecule has 1 aliphatic rings. The lowest BCUT2D eigenvalue weighted by Gasteiger charge is -2.15. The molecule has 7 heteroatoms. The fourth-order valence-electron chi connectivity index (χ4n) is 2.48. The lowest BCUT2D eigenvalue weighted by molar-refractivity contribution is -0.0523. The third-order valence-corrected chi connectivity index (χ3v) is 5.19. The van der Waals surface area contributed by atoms with E-state index in [0.717, 1.165) is 18.4 Å². The summed E-state index contributed by atoms with van der Waals surface area (Å²) in [7, 11) is -5.57. The third-order valence-electron chi connectivity index (χ3n) is 4.20. The Hall–Kier alpha value is -1.24. The van der Waals surface area contributed by atoms with Gasteiger partial charge in [0.2, 0.25) is 0 Å². The molecule has 0 N–H and O–H groups in total. The van der Waals surface area contributed by atoms with Crippen LogP contribution in [0.1, 0.15) is 59.3 Å². The Morgan fingerprint density at radius 3 is 2.50 bits per heavy atom. The molecule has 0 unspecified atom stereocenters. The smallest absolute Gasteiger partial charge is 0.381 e. The van der Waals surface area contributed by atoms with Crippen molar-refractivity contribution in [3.05, 3.63) is 35.1 Å². The molecule has 138 valence electrons. The van der Waals surface area contributed by atoms with E-state index in [4.69, 9.17) is 0 Å². The zero-order valence-corrected chi connectivity index (χ0v) is 15.2. The van der Waals surface area contributed by atoms with Crippen molar-refractivity contribution in [1.82, 2.24) is 0 Å². The highest BCUT2D eigenvalue weighted by molar-refractivity contribution is 7.87. The van der Waals surface area contributed by atoms with E-state index in [9.17, 15) is 21.6 Å². The van der Waals surface area contributed by atoms with Crippen LogP contribution in [0.25, 0.3) is 0 Å². The summed E-state index contributed by atoms with van der Waals surface area (Å²) in [5.41, 5.74) is -2.44. The Morgan fingerprint density at radius 1 is 1.33 bits per heavy atom. The molecule has 1 atom stereocenters. The molecule has 24 heavy (non-hydrogen) atoms. The molecule has 0 aliphatic heterocycles. The van der Waals surface area contributed by atoms with Gasteiger partial charge in [0.25, 0.3) is 0 Å². The number of halogens is 3. The molecular formula is C17H25F3O3S. The van der Waals surface area contributed by atoms with Crippen molar-refractivity contribution in [3.8, 4) is 0 Å². The summed E-state index contributed by atoms with van der Waals surface area (Å²) < 4.78 is 63.9. The number of hydrogen-bond donors (Lipinski definition) is 0. The molecule has 1 aliphatic carbocycles. The van der Waals surface area contributed by atoms with Crippen LogP contribution in [0.2, 0.25) is 0 Å². The van der Waals surface area contributed by atoms with Crippen LogP contribution in [0.5, 0.6) is 0 Å². The van der Waals surface area contributed by atoms with E-state index in [-0.39, 0.29) is 18.1 Å². The minimum Gasteiger partial charge on any atom is -0.381 e. The van der Waals surface area contributed by atoms with Gasteiger partial charge in [-0.05, 0) is 57.4 Å². The second-order valence-electron chi connectivity index (χ2n) is 6.41. The van der Waals surface area contributed by atoms with Gasteiger partial charge >= 0.3 is 15.6 Å². The topological polar surface area (TPSA) is 43.4 Å². The maximum Gasteiger partial charge on any atom is 0.534 e. The first kappa shape index (κ1) is 20.8. The van der Waals surface area contributed by atoms with E-state index in [0.29, 0.717) is 24.8 Å². The lowest BCUT2D eigenvalue weighted by Crippen LogP contribution is -2.25. The van der Waals surface area contributed by atoms with Crippen LogP contribution in [0.3, 0.4) is 0 Å². The zero-order valence-electron chi connectivity index (χ0n) is 14.4. The van der Waals surface area contributed by atoms with Crippen LogP contribution in [-0.4, -0.2) is 13.9 Å². The van der Waals surface area contributed by atoms with Gasteiger partial charge in [-0.2, -0.15) is 21.6 Å². The molecule has 0 amide bonds. The molecule has 0 saturated carbocycles. The predicted octanol–water partition coefficient (Wildman–Crippen LogP) is 5.62. The molecular weight excluding hydrogens is 341 g/mol. The summed E-state index contributed by atoms with van der Waals surface area (Å²) >= 11 is 0. The van der Waals surface area contributed by atoms with Crippen molar-refractivity contribution in [2.45, 2.75) is 64.8 Å². The van der Waals surface area contributed by atoms with Crippen molar-refractivity contribution in [3.63, 3.8) is 0 Å². The molecule has 0 aromatic heterocycles. The highest BCUT2D eigenvalue weighted by atomic mass is 32.2. The van der Waals surface area contributed by atoms with Gasteiger partial charge in [0.15, 0.2) is 0 Å². The van der Waals surface area contributed by atoms with Crippen LogP contribution in [0.15, 0.2) is 35.1 Å². The van der Waals surface area contributed by atoms with E-state index < -0.39 is 15.6 Å². The van der Waals surface area contributed by atoms with E-state index in [1.807, 2.05) is 20.8 Å². The highest BCUT2D eigenvalue weighted by Crippen LogP contribution is 2.36.